The molecular weight excluding hydrogens is 448 g/mol. The zero-order valence-corrected chi connectivity index (χ0v) is 20.4. The van der Waals surface area contributed by atoms with E-state index >= 15 is 0 Å². The Labute approximate surface area is 202 Å². The minimum atomic E-state index is -0.164. The number of carbonyl (C=O) groups is 1. The Balaban J connectivity index is 1.61. The normalized spacial score (nSPS) is 11.0. The highest BCUT2D eigenvalue weighted by Crippen LogP contribution is 2.29. The summed E-state index contributed by atoms with van der Waals surface area (Å²) in [7, 11) is 1.87. The Bertz CT molecular complexity index is 1340. The Hall–Kier alpha value is -3.52. The number of benzene rings is 2. The second kappa shape index (κ2) is 10.6. The van der Waals surface area contributed by atoms with Gasteiger partial charge in [-0.3, -0.25) is 14.2 Å². The summed E-state index contributed by atoms with van der Waals surface area (Å²) in [5.74, 6) is 0.735. The molecule has 0 radical (unpaired) electrons. The van der Waals surface area contributed by atoms with Gasteiger partial charge >= 0.3 is 0 Å². The van der Waals surface area contributed by atoms with Gasteiger partial charge in [-0.25, -0.2) is 4.98 Å². The Morgan fingerprint density at radius 1 is 1.09 bits per heavy atom. The molecule has 4 rings (SSSR count). The van der Waals surface area contributed by atoms with Crippen molar-refractivity contribution in [2.24, 2.45) is 7.05 Å². The van der Waals surface area contributed by atoms with Gasteiger partial charge in [-0.2, -0.15) is 0 Å². The van der Waals surface area contributed by atoms with Crippen molar-refractivity contribution in [1.82, 2.24) is 14.1 Å². The Morgan fingerprint density at radius 3 is 2.50 bits per heavy atom. The molecule has 7 nitrogen and oxygen atoms in total. The second-order valence-corrected chi connectivity index (χ2v) is 8.80. The molecule has 8 heteroatoms. The van der Waals surface area contributed by atoms with Gasteiger partial charge in [0.25, 0.3) is 5.56 Å². The van der Waals surface area contributed by atoms with Gasteiger partial charge in [0.1, 0.15) is 16.8 Å². The first-order valence-electron chi connectivity index (χ1n) is 11.3. The van der Waals surface area contributed by atoms with E-state index in [9.17, 15) is 9.59 Å². The molecule has 4 aromatic rings. The van der Waals surface area contributed by atoms with Crippen molar-refractivity contribution in [3.63, 3.8) is 0 Å². The highest BCUT2D eigenvalue weighted by molar-refractivity contribution is 7.99. The number of carbonyl (C=O) groups excluding carboxylic acids is 1. The fraction of sp³-hybridized carbons (Fsp3) is 0.269. The quantitative estimate of drug-likeness (QED) is 0.273. The van der Waals surface area contributed by atoms with E-state index in [0.717, 1.165) is 23.3 Å². The van der Waals surface area contributed by atoms with E-state index in [1.165, 1.54) is 11.8 Å². The van der Waals surface area contributed by atoms with E-state index in [4.69, 9.17) is 9.72 Å². The molecule has 2 heterocycles. The van der Waals surface area contributed by atoms with Crippen LogP contribution < -0.4 is 15.6 Å². The number of fused-ring (bicyclic) bond motifs is 1. The summed E-state index contributed by atoms with van der Waals surface area (Å²) in [5.41, 5.74) is 3.72. The van der Waals surface area contributed by atoms with Crippen LogP contribution in [0.1, 0.15) is 20.3 Å². The molecule has 0 aliphatic carbocycles. The number of hydrogen-bond donors (Lipinski definition) is 1. The topological polar surface area (TPSA) is 78.2 Å². The summed E-state index contributed by atoms with van der Waals surface area (Å²) in [5, 5.41) is 3.44. The number of nitrogens with one attached hydrogen (secondary N) is 1. The van der Waals surface area contributed by atoms with Crippen LogP contribution in [0.25, 0.3) is 22.2 Å². The molecular formula is C26H28N4O3S. The zero-order valence-electron chi connectivity index (χ0n) is 19.6. The summed E-state index contributed by atoms with van der Waals surface area (Å²) in [6, 6.07) is 17.2. The van der Waals surface area contributed by atoms with E-state index < -0.39 is 0 Å². The summed E-state index contributed by atoms with van der Waals surface area (Å²) in [4.78, 5) is 30.9. The number of amides is 1. The maximum atomic E-state index is 13.4. The lowest BCUT2D eigenvalue weighted by Gasteiger charge is -2.12. The van der Waals surface area contributed by atoms with Crippen molar-refractivity contribution in [3.8, 4) is 16.9 Å². The van der Waals surface area contributed by atoms with Crippen LogP contribution >= 0.6 is 11.8 Å². The molecule has 34 heavy (non-hydrogen) atoms. The van der Waals surface area contributed by atoms with E-state index in [1.54, 1.807) is 16.7 Å². The van der Waals surface area contributed by atoms with Crippen molar-refractivity contribution < 1.29 is 9.53 Å². The monoisotopic (exact) mass is 476 g/mol. The summed E-state index contributed by atoms with van der Waals surface area (Å²) < 4.78 is 8.95. The van der Waals surface area contributed by atoms with Gasteiger partial charge in [0.15, 0.2) is 5.16 Å². The fourth-order valence-electron chi connectivity index (χ4n) is 3.84. The molecule has 0 aliphatic rings. The first-order valence-corrected chi connectivity index (χ1v) is 12.3. The van der Waals surface area contributed by atoms with Crippen LogP contribution in [0.5, 0.6) is 5.75 Å². The van der Waals surface area contributed by atoms with Gasteiger partial charge in [0, 0.05) is 31.0 Å². The predicted octanol–water partition coefficient (Wildman–Crippen LogP) is 4.94. The number of aromatic nitrogens is 3. The van der Waals surface area contributed by atoms with Crippen molar-refractivity contribution in [3.05, 3.63) is 71.1 Å². The zero-order chi connectivity index (χ0) is 24.1. The third kappa shape index (κ3) is 5.02. The molecule has 1 N–H and O–H groups in total. The maximum absolute atomic E-state index is 13.4. The van der Waals surface area contributed by atoms with Crippen LogP contribution in [0.4, 0.5) is 5.69 Å². The van der Waals surface area contributed by atoms with Gasteiger partial charge in [-0.15, -0.1) is 0 Å². The second-order valence-electron chi connectivity index (χ2n) is 7.86. The molecule has 0 fully saturated rings. The van der Waals surface area contributed by atoms with E-state index in [2.05, 4.69) is 5.32 Å². The lowest BCUT2D eigenvalue weighted by molar-refractivity contribution is -0.113. The fourth-order valence-corrected chi connectivity index (χ4v) is 4.66. The van der Waals surface area contributed by atoms with Gasteiger partial charge in [0.2, 0.25) is 5.91 Å². The smallest absolute Gasteiger partial charge is 0.278 e. The van der Waals surface area contributed by atoms with Gasteiger partial charge in [-0.1, -0.05) is 49.0 Å². The minimum Gasteiger partial charge on any atom is -0.494 e. The predicted molar refractivity (Wildman–Crippen MR) is 138 cm³/mol. The molecule has 2 aromatic heterocycles. The van der Waals surface area contributed by atoms with E-state index in [-0.39, 0.29) is 17.2 Å². The van der Waals surface area contributed by atoms with Crippen LogP contribution in [0, 0.1) is 0 Å². The molecule has 176 valence electrons. The molecule has 0 unspecified atom stereocenters. The van der Waals surface area contributed by atoms with Crippen LogP contribution in [0.3, 0.4) is 0 Å². The number of thioether (sulfide) groups is 1. The van der Waals surface area contributed by atoms with Crippen LogP contribution in [0.2, 0.25) is 0 Å². The largest absolute Gasteiger partial charge is 0.494 e. The minimum absolute atomic E-state index is 0.0917. The average Bonchev–Trinajstić information content (AvgIpc) is 3.18. The number of nitrogens with zero attached hydrogens (tertiary/aromatic N) is 3. The third-order valence-electron chi connectivity index (χ3n) is 5.35. The molecule has 2 aromatic carbocycles. The molecule has 0 bridgehead atoms. The van der Waals surface area contributed by atoms with Crippen molar-refractivity contribution in [1.29, 1.82) is 0 Å². The standard InChI is InChI=1S/C26H28N4O3S/c1-4-15-30-25(32)24-23(21(16-29(24)3)18-9-7-6-8-10-18)28-26(30)34-17-22(31)27-19-11-13-20(14-12-19)33-5-2/h6-14,16H,4-5,15,17H2,1-3H3,(H,27,31). The lowest BCUT2D eigenvalue weighted by Crippen LogP contribution is -2.25. The molecule has 0 aliphatic heterocycles. The van der Waals surface area contributed by atoms with Crippen molar-refractivity contribution >= 4 is 34.4 Å². The average molecular weight is 477 g/mol. The van der Waals surface area contributed by atoms with Crippen molar-refractivity contribution in [2.45, 2.75) is 32.0 Å². The van der Waals surface area contributed by atoms with Crippen LogP contribution in [-0.2, 0) is 18.4 Å². The Morgan fingerprint density at radius 2 is 1.82 bits per heavy atom. The third-order valence-corrected chi connectivity index (χ3v) is 6.33. The van der Waals surface area contributed by atoms with Gasteiger partial charge < -0.3 is 14.6 Å². The lowest BCUT2D eigenvalue weighted by atomic mass is 10.1. The number of anilines is 1. The molecule has 0 saturated carbocycles. The van der Waals surface area contributed by atoms with Gasteiger partial charge in [-0.05, 0) is 43.2 Å². The molecule has 0 spiro atoms. The SMILES string of the molecule is CCCn1c(SCC(=O)Nc2ccc(OCC)cc2)nc2c(-c3ccccc3)cn(C)c2c1=O. The molecule has 1 amide bonds. The molecule has 0 saturated heterocycles. The molecule has 0 atom stereocenters. The highest BCUT2D eigenvalue weighted by atomic mass is 32.2. The van der Waals surface area contributed by atoms with E-state index in [1.807, 2.05) is 74.1 Å². The summed E-state index contributed by atoms with van der Waals surface area (Å²) in [6.07, 6.45) is 2.73. The first kappa shape index (κ1) is 23.6. The number of rotatable bonds is 9. The highest BCUT2D eigenvalue weighted by Gasteiger charge is 2.19. The first-order chi connectivity index (χ1) is 16.5. The maximum Gasteiger partial charge on any atom is 0.278 e. The van der Waals surface area contributed by atoms with Crippen molar-refractivity contribution in [2.75, 3.05) is 17.7 Å². The van der Waals surface area contributed by atoms with Crippen LogP contribution in [-0.4, -0.2) is 32.4 Å². The van der Waals surface area contributed by atoms with E-state index in [0.29, 0.717) is 35.0 Å². The van der Waals surface area contributed by atoms with Crippen LogP contribution in [0.15, 0.2) is 70.7 Å². The number of hydrogen-bond acceptors (Lipinski definition) is 5. The summed E-state index contributed by atoms with van der Waals surface area (Å²) >= 11 is 1.27. The van der Waals surface area contributed by atoms with Gasteiger partial charge in [0.05, 0.1) is 12.4 Å². The number of ether oxygens (including phenoxy) is 1. The summed E-state index contributed by atoms with van der Waals surface area (Å²) in [6.45, 7) is 5.07. The number of aryl methyl sites for hydroxylation is 1. The Kier molecular flexibility index (Phi) is 7.37.